The molecule has 5 rings (SSSR count). The predicted octanol–water partition coefficient (Wildman–Crippen LogP) is 7.10. The summed E-state index contributed by atoms with van der Waals surface area (Å²) in [6.45, 7) is 2.69. The van der Waals surface area contributed by atoms with Crippen molar-refractivity contribution in [2.24, 2.45) is 0 Å². The molecule has 0 atom stereocenters. The molecule has 2 fully saturated rings. The Morgan fingerprint density at radius 3 is 2.43 bits per heavy atom. The fourth-order valence-corrected chi connectivity index (χ4v) is 5.78. The molecule has 2 heterocycles. The molecule has 8 heteroatoms. The second-order valence-electron chi connectivity index (χ2n) is 10.0. The van der Waals surface area contributed by atoms with Crippen LogP contribution in [-0.2, 0) is 5.41 Å². The van der Waals surface area contributed by atoms with Gasteiger partial charge in [-0.15, -0.1) is 0 Å². The first-order valence-electron chi connectivity index (χ1n) is 13.3. The van der Waals surface area contributed by atoms with Crippen molar-refractivity contribution < 1.29 is 4.74 Å². The number of nitrogens with one attached hydrogen (secondary N) is 2. The van der Waals surface area contributed by atoms with Gasteiger partial charge >= 0.3 is 0 Å². The Morgan fingerprint density at radius 2 is 1.68 bits per heavy atom. The number of benzene rings is 2. The van der Waals surface area contributed by atoms with E-state index in [0.29, 0.717) is 16.9 Å². The second-order valence-corrected chi connectivity index (χ2v) is 10.9. The number of halogens is 1. The molecule has 194 valence electrons. The van der Waals surface area contributed by atoms with E-state index >= 15 is 0 Å². The third-order valence-corrected chi connectivity index (χ3v) is 7.88. The number of para-hydroxylation sites is 1. The van der Waals surface area contributed by atoms with Gasteiger partial charge in [0.25, 0.3) is 0 Å². The molecule has 37 heavy (non-hydrogen) atoms. The summed E-state index contributed by atoms with van der Waals surface area (Å²) in [6.07, 6.45) is 9.47. The van der Waals surface area contributed by atoms with Crippen LogP contribution in [0, 0.1) is 0 Å². The van der Waals surface area contributed by atoms with Crippen molar-refractivity contribution in [3.8, 4) is 11.6 Å². The summed E-state index contributed by atoms with van der Waals surface area (Å²) < 4.78 is 6.08. The Hall–Kier alpha value is -2.90. The van der Waals surface area contributed by atoms with Gasteiger partial charge < -0.3 is 20.3 Å². The number of aromatic nitrogens is 2. The number of rotatable bonds is 7. The van der Waals surface area contributed by atoms with Crippen molar-refractivity contribution in [1.82, 2.24) is 15.3 Å². The van der Waals surface area contributed by atoms with Gasteiger partial charge in [0.1, 0.15) is 11.6 Å². The first kappa shape index (κ1) is 25.7. The molecular formula is C29H34ClN5OS. The molecule has 6 nitrogen and oxygen atoms in total. The fourth-order valence-electron chi connectivity index (χ4n) is 5.42. The van der Waals surface area contributed by atoms with Crippen LogP contribution in [0.2, 0.25) is 5.02 Å². The lowest BCUT2D eigenvalue weighted by Crippen LogP contribution is -2.43. The minimum absolute atomic E-state index is 0.00692. The number of anilines is 2. The van der Waals surface area contributed by atoms with Gasteiger partial charge in [-0.1, -0.05) is 61.2 Å². The quantitative estimate of drug-likeness (QED) is 0.313. The van der Waals surface area contributed by atoms with Gasteiger partial charge in [0.2, 0.25) is 11.8 Å². The fraction of sp³-hybridized carbons (Fsp3) is 0.414. The zero-order chi connectivity index (χ0) is 25.5. The van der Waals surface area contributed by atoms with E-state index in [2.05, 4.69) is 32.7 Å². The van der Waals surface area contributed by atoms with Gasteiger partial charge in [0, 0.05) is 36.1 Å². The third-order valence-electron chi connectivity index (χ3n) is 7.40. The Balaban J connectivity index is 1.32. The number of hydrogen-bond donors (Lipinski definition) is 2. The van der Waals surface area contributed by atoms with E-state index in [4.69, 9.17) is 33.5 Å². The summed E-state index contributed by atoms with van der Waals surface area (Å²) in [5.41, 5.74) is 1.28. The van der Waals surface area contributed by atoms with E-state index in [1.165, 1.54) is 31.2 Å². The molecule has 0 bridgehead atoms. The van der Waals surface area contributed by atoms with E-state index in [1.807, 2.05) is 48.5 Å². The Labute approximate surface area is 229 Å². The van der Waals surface area contributed by atoms with E-state index < -0.39 is 0 Å². The zero-order valence-corrected chi connectivity index (χ0v) is 22.7. The van der Waals surface area contributed by atoms with Crippen LogP contribution in [0.3, 0.4) is 0 Å². The minimum Gasteiger partial charge on any atom is -0.439 e. The maximum atomic E-state index is 6.36. The number of thiocarbonyl (C=S) groups is 1. The van der Waals surface area contributed by atoms with Crippen LogP contribution in [0.4, 0.5) is 11.8 Å². The Morgan fingerprint density at radius 1 is 0.919 bits per heavy atom. The molecule has 1 saturated carbocycles. The van der Waals surface area contributed by atoms with Crippen molar-refractivity contribution in [2.45, 2.75) is 56.8 Å². The monoisotopic (exact) mass is 535 g/mol. The van der Waals surface area contributed by atoms with Crippen LogP contribution >= 0.6 is 23.8 Å². The largest absolute Gasteiger partial charge is 0.439 e. The average Bonchev–Trinajstić information content (AvgIpc) is 2.93. The van der Waals surface area contributed by atoms with Crippen molar-refractivity contribution >= 4 is 40.7 Å². The highest BCUT2D eigenvalue weighted by Gasteiger charge is 2.34. The summed E-state index contributed by atoms with van der Waals surface area (Å²) in [7, 11) is 0. The molecule has 3 aromatic rings. The van der Waals surface area contributed by atoms with Crippen LogP contribution in [0.15, 0.2) is 60.7 Å². The van der Waals surface area contributed by atoms with Crippen molar-refractivity contribution in [2.75, 3.05) is 29.9 Å². The minimum atomic E-state index is 0.00692. The van der Waals surface area contributed by atoms with E-state index in [-0.39, 0.29) is 5.41 Å². The molecule has 1 saturated heterocycles. The van der Waals surface area contributed by atoms with Crippen LogP contribution in [0.5, 0.6) is 11.6 Å². The van der Waals surface area contributed by atoms with Crippen molar-refractivity contribution in [3.63, 3.8) is 0 Å². The predicted molar refractivity (Wildman–Crippen MR) is 155 cm³/mol. The lowest BCUT2D eigenvalue weighted by molar-refractivity contribution is 0.292. The second kappa shape index (κ2) is 12.1. The van der Waals surface area contributed by atoms with Gasteiger partial charge in [-0.3, -0.25) is 0 Å². The molecule has 2 aliphatic rings. The number of hydrogen-bond acceptors (Lipinski definition) is 5. The lowest BCUT2D eigenvalue weighted by Gasteiger charge is -2.38. The summed E-state index contributed by atoms with van der Waals surface area (Å²) in [5, 5.41) is 7.99. The first-order chi connectivity index (χ1) is 18.1. The van der Waals surface area contributed by atoms with Crippen LogP contribution < -0.4 is 20.3 Å². The summed E-state index contributed by atoms with van der Waals surface area (Å²) >= 11 is 12.1. The highest BCUT2D eigenvalue weighted by atomic mass is 35.5. The summed E-state index contributed by atoms with van der Waals surface area (Å²) in [6, 6.07) is 19.9. The third kappa shape index (κ3) is 6.70. The average molecular weight is 536 g/mol. The number of ether oxygens (including phenoxy) is 1. The first-order valence-corrected chi connectivity index (χ1v) is 14.1. The zero-order valence-electron chi connectivity index (χ0n) is 21.1. The SMILES string of the molecule is S=C(NCC1(c2cccc(Cl)c2)CCCCC1)Nc1nc(Oc2ccccc2)cc(N2CCCCC2)n1. The molecule has 0 radical (unpaired) electrons. The standard InChI is InChI=1S/C29H34ClN5OS/c30-23-12-10-11-22(19-23)29(15-6-2-7-16-29)21-31-28(37)34-27-32-25(35-17-8-3-9-18-35)20-26(33-27)36-24-13-4-1-5-14-24/h1,4-5,10-14,19-20H,2-3,6-9,15-18,21H2,(H2,31,32,33,34,37). The van der Waals surface area contributed by atoms with Gasteiger partial charge in [0.05, 0.1) is 0 Å². The highest BCUT2D eigenvalue weighted by molar-refractivity contribution is 7.80. The molecule has 0 amide bonds. The molecular weight excluding hydrogens is 502 g/mol. The summed E-state index contributed by atoms with van der Waals surface area (Å²) in [5.74, 6) is 2.52. The molecule has 1 aliphatic heterocycles. The molecule has 1 aromatic heterocycles. The molecule has 1 aliphatic carbocycles. The van der Waals surface area contributed by atoms with Crippen LogP contribution in [0.1, 0.15) is 56.9 Å². The van der Waals surface area contributed by atoms with E-state index in [0.717, 1.165) is 61.9 Å². The van der Waals surface area contributed by atoms with Crippen LogP contribution in [-0.4, -0.2) is 34.7 Å². The van der Waals surface area contributed by atoms with E-state index in [9.17, 15) is 0 Å². The topological polar surface area (TPSA) is 62.3 Å². The Kier molecular flexibility index (Phi) is 8.41. The van der Waals surface area contributed by atoms with Gasteiger partial charge in [-0.05, 0) is 74.2 Å². The van der Waals surface area contributed by atoms with Gasteiger partial charge in [0.15, 0.2) is 5.11 Å². The maximum absolute atomic E-state index is 6.36. The van der Waals surface area contributed by atoms with Crippen molar-refractivity contribution in [1.29, 1.82) is 0 Å². The van der Waals surface area contributed by atoms with E-state index in [1.54, 1.807) is 0 Å². The molecule has 0 unspecified atom stereocenters. The number of piperidine rings is 1. The van der Waals surface area contributed by atoms with Gasteiger partial charge in [-0.25, -0.2) is 0 Å². The maximum Gasteiger partial charge on any atom is 0.234 e. The molecule has 2 aromatic carbocycles. The van der Waals surface area contributed by atoms with Gasteiger partial charge in [-0.2, -0.15) is 9.97 Å². The Bertz CT molecular complexity index is 1200. The van der Waals surface area contributed by atoms with Crippen molar-refractivity contribution in [3.05, 3.63) is 71.2 Å². The molecule has 2 N–H and O–H groups in total. The summed E-state index contributed by atoms with van der Waals surface area (Å²) in [4.78, 5) is 11.7. The smallest absolute Gasteiger partial charge is 0.234 e. The normalized spacial score (nSPS) is 17.2. The number of nitrogens with zero attached hydrogens (tertiary/aromatic N) is 3. The van der Waals surface area contributed by atoms with Crippen LogP contribution in [0.25, 0.3) is 0 Å². The lowest BCUT2D eigenvalue weighted by atomic mass is 9.69. The highest BCUT2D eigenvalue weighted by Crippen LogP contribution is 2.39. The molecule has 0 spiro atoms.